The molecule has 0 atom stereocenters. The largest absolute Gasteiger partial charge is 0.491 e. The molecule has 0 saturated carbocycles. The number of amides is 1. The number of fused-ring (bicyclic) bond motifs is 1. The fourth-order valence-electron chi connectivity index (χ4n) is 2.74. The molecule has 5 nitrogen and oxygen atoms in total. The molecule has 0 saturated heterocycles. The smallest absolute Gasteiger partial charge is 0.255 e. The topological polar surface area (TPSA) is 77.2 Å². The van der Waals surface area contributed by atoms with E-state index in [1.54, 1.807) is 12.1 Å². The number of aryl methyl sites for hydroxylation is 2. The molecule has 130 valence electrons. The normalized spacial score (nSPS) is 11.1. The number of hydrogen-bond donors (Lipinski definition) is 2. The van der Waals surface area contributed by atoms with Crippen LogP contribution in [-0.2, 0) is 0 Å². The van der Waals surface area contributed by atoms with Gasteiger partial charge < -0.3 is 15.8 Å². The van der Waals surface area contributed by atoms with E-state index in [9.17, 15) is 4.79 Å². The highest BCUT2D eigenvalue weighted by atomic mass is 32.1. The van der Waals surface area contributed by atoms with Crippen LogP contribution < -0.4 is 15.8 Å². The highest BCUT2D eigenvalue weighted by molar-refractivity contribution is 7.22. The van der Waals surface area contributed by atoms with E-state index in [1.165, 1.54) is 11.3 Å². The third-order valence-corrected chi connectivity index (χ3v) is 4.88. The second-order valence-electron chi connectivity index (χ2n) is 6.24. The molecule has 3 rings (SSSR count). The van der Waals surface area contributed by atoms with Gasteiger partial charge >= 0.3 is 0 Å². The van der Waals surface area contributed by atoms with Crippen molar-refractivity contribution in [2.24, 2.45) is 0 Å². The Balaban J connectivity index is 1.86. The fraction of sp³-hybridized carbons (Fsp3) is 0.263. The number of rotatable bonds is 4. The van der Waals surface area contributed by atoms with Crippen LogP contribution in [0.4, 0.5) is 10.8 Å². The predicted molar refractivity (Wildman–Crippen MR) is 104 cm³/mol. The standard InChI is InChI=1S/C19H21N3O2S/c1-10(2)24-14-7-5-13(6-8-14)18(23)22-16-11(3)9-15-17(12(16)4)25-19(20)21-15/h5-10H,1-4H3,(H2,20,21)(H,22,23). The van der Waals surface area contributed by atoms with Crippen molar-refractivity contribution >= 4 is 38.3 Å². The minimum absolute atomic E-state index is 0.101. The predicted octanol–water partition coefficient (Wildman–Crippen LogP) is 4.53. The highest BCUT2D eigenvalue weighted by Gasteiger charge is 2.15. The molecule has 0 aliphatic heterocycles. The molecule has 0 aliphatic carbocycles. The van der Waals surface area contributed by atoms with Crippen molar-refractivity contribution in [2.45, 2.75) is 33.8 Å². The first kappa shape index (κ1) is 17.2. The number of hydrogen-bond acceptors (Lipinski definition) is 5. The number of aromatic nitrogens is 1. The number of anilines is 2. The molecule has 3 aromatic rings. The van der Waals surface area contributed by atoms with Crippen LogP contribution in [0.1, 0.15) is 35.3 Å². The van der Waals surface area contributed by atoms with Gasteiger partial charge in [-0.25, -0.2) is 4.98 Å². The van der Waals surface area contributed by atoms with Gasteiger partial charge in [0.2, 0.25) is 0 Å². The maximum atomic E-state index is 12.6. The third-order valence-electron chi connectivity index (χ3n) is 3.86. The lowest BCUT2D eigenvalue weighted by Crippen LogP contribution is -2.14. The van der Waals surface area contributed by atoms with Gasteiger partial charge in [-0.3, -0.25) is 4.79 Å². The minimum Gasteiger partial charge on any atom is -0.491 e. The summed E-state index contributed by atoms with van der Waals surface area (Å²) >= 11 is 1.43. The van der Waals surface area contributed by atoms with E-state index in [-0.39, 0.29) is 12.0 Å². The van der Waals surface area contributed by atoms with Crippen LogP contribution in [0.3, 0.4) is 0 Å². The van der Waals surface area contributed by atoms with Crippen molar-refractivity contribution in [1.29, 1.82) is 0 Å². The van der Waals surface area contributed by atoms with E-state index in [0.29, 0.717) is 10.7 Å². The summed E-state index contributed by atoms with van der Waals surface area (Å²) in [6.07, 6.45) is 0.101. The van der Waals surface area contributed by atoms with Crippen LogP contribution in [0, 0.1) is 13.8 Å². The summed E-state index contributed by atoms with van der Waals surface area (Å²) in [5.74, 6) is 0.597. The molecule has 0 radical (unpaired) electrons. The molecular formula is C19H21N3O2S. The van der Waals surface area contributed by atoms with Gasteiger partial charge in [-0.2, -0.15) is 0 Å². The number of nitrogens with one attached hydrogen (secondary N) is 1. The Labute approximate surface area is 150 Å². The van der Waals surface area contributed by atoms with Crippen LogP contribution in [0.25, 0.3) is 10.2 Å². The van der Waals surface area contributed by atoms with Gasteiger partial charge in [0.05, 0.1) is 16.3 Å². The zero-order valence-corrected chi connectivity index (χ0v) is 15.5. The summed E-state index contributed by atoms with van der Waals surface area (Å²) < 4.78 is 6.61. The first-order valence-corrected chi connectivity index (χ1v) is 8.91. The Morgan fingerprint density at radius 2 is 1.92 bits per heavy atom. The summed E-state index contributed by atoms with van der Waals surface area (Å²) in [4.78, 5) is 16.9. The third kappa shape index (κ3) is 3.58. The second kappa shape index (κ2) is 6.72. The van der Waals surface area contributed by atoms with Crippen molar-refractivity contribution in [3.8, 4) is 5.75 Å². The summed E-state index contributed by atoms with van der Waals surface area (Å²) in [6, 6.07) is 9.09. The maximum Gasteiger partial charge on any atom is 0.255 e. The number of thiazole rings is 1. The first-order valence-electron chi connectivity index (χ1n) is 8.09. The van der Waals surface area contributed by atoms with Gasteiger partial charge in [-0.1, -0.05) is 11.3 Å². The Morgan fingerprint density at radius 1 is 1.24 bits per heavy atom. The van der Waals surface area contributed by atoms with Gasteiger partial charge in [0.15, 0.2) is 5.13 Å². The van der Waals surface area contributed by atoms with Crippen LogP contribution in [-0.4, -0.2) is 17.0 Å². The number of nitrogens with zero attached hydrogens (tertiary/aromatic N) is 1. The lowest BCUT2D eigenvalue weighted by atomic mass is 10.1. The van der Waals surface area contributed by atoms with E-state index in [1.807, 2.05) is 45.9 Å². The maximum absolute atomic E-state index is 12.6. The van der Waals surface area contributed by atoms with Crippen LogP contribution in [0.15, 0.2) is 30.3 Å². The SMILES string of the molecule is Cc1cc2nc(N)sc2c(C)c1NC(=O)c1ccc(OC(C)C)cc1. The van der Waals surface area contributed by atoms with E-state index >= 15 is 0 Å². The summed E-state index contributed by atoms with van der Waals surface area (Å²) in [6.45, 7) is 7.86. The van der Waals surface area contributed by atoms with E-state index in [2.05, 4.69) is 10.3 Å². The first-order chi connectivity index (χ1) is 11.8. The molecule has 1 aromatic heterocycles. The Morgan fingerprint density at radius 3 is 2.56 bits per heavy atom. The molecule has 1 amide bonds. The van der Waals surface area contributed by atoms with Gasteiger partial charge in [0, 0.05) is 11.3 Å². The number of nitrogen functional groups attached to an aromatic ring is 1. The number of ether oxygens (including phenoxy) is 1. The van der Waals surface area contributed by atoms with Crippen LogP contribution >= 0.6 is 11.3 Å². The number of benzene rings is 2. The van der Waals surface area contributed by atoms with Crippen LogP contribution in [0.2, 0.25) is 0 Å². The molecule has 0 bridgehead atoms. The second-order valence-corrected chi connectivity index (χ2v) is 7.27. The van der Waals surface area contributed by atoms with E-state index in [4.69, 9.17) is 10.5 Å². The zero-order valence-electron chi connectivity index (χ0n) is 14.7. The quantitative estimate of drug-likeness (QED) is 0.720. The minimum atomic E-state index is -0.154. The molecule has 0 aliphatic rings. The summed E-state index contributed by atoms with van der Waals surface area (Å²) in [5.41, 5.74) is 10.0. The number of carbonyl (C=O) groups is 1. The summed E-state index contributed by atoms with van der Waals surface area (Å²) in [5, 5.41) is 3.54. The van der Waals surface area contributed by atoms with Crippen molar-refractivity contribution in [3.63, 3.8) is 0 Å². The monoisotopic (exact) mass is 355 g/mol. The van der Waals surface area contributed by atoms with E-state index in [0.717, 1.165) is 32.8 Å². The van der Waals surface area contributed by atoms with Crippen molar-refractivity contribution < 1.29 is 9.53 Å². The van der Waals surface area contributed by atoms with Crippen molar-refractivity contribution in [2.75, 3.05) is 11.1 Å². The molecule has 2 aromatic carbocycles. The zero-order chi connectivity index (χ0) is 18.1. The molecule has 6 heteroatoms. The lowest BCUT2D eigenvalue weighted by Gasteiger charge is -2.13. The Hall–Kier alpha value is -2.60. The molecule has 0 spiro atoms. The summed E-state index contributed by atoms with van der Waals surface area (Å²) in [7, 11) is 0. The number of carbonyl (C=O) groups excluding carboxylic acids is 1. The average molecular weight is 355 g/mol. The van der Waals surface area contributed by atoms with Crippen LogP contribution in [0.5, 0.6) is 5.75 Å². The molecular weight excluding hydrogens is 334 g/mol. The average Bonchev–Trinajstić information content (AvgIpc) is 2.92. The van der Waals surface area contributed by atoms with Gasteiger partial charge in [-0.15, -0.1) is 0 Å². The lowest BCUT2D eigenvalue weighted by molar-refractivity contribution is 0.102. The molecule has 25 heavy (non-hydrogen) atoms. The highest BCUT2D eigenvalue weighted by Crippen LogP contribution is 2.34. The van der Waals surface area contributed by atoms with E-state index < -0.39 is 0 Å². The van der Waals surface area contributed by atoms with Crippen molar-refractivity contribution in [3.05, 3.63) is 47.0 Å². The van der Waals surface area contributed by atoms with Gasteiger partial charge in [0.1, 0.15) is 5.75 Å². The molecule has 3 N–H and O–H groups in total. The Bertz CT molecular complexity index is 930. The fourth-order valence-corrected chi connectivity index (χ4v) is 3.55. The molecule has 0 fully saturated rings. The van der Waals surface area contributed by atoms with Gasteiger partial charge in [0.25, 0.3) is 5.91 Å². The molecule has 0 unspecified atom stereocenters. The number of nitrogens with two attached hydrogens (primary N) is 1. The Kier molecular flexibility index (Phi) is 4.63. The van der Waals surface area contributed by atoms with Gasteiger partial charge in [-0.05, 0) is 69.2 Å². The van der Waals surface area contributed by atoms with Crippen molar-refractivity contribution in [1.82, 2.24) is 4.98 Å². The molecule has 1 heterocycles.